The zero-order valence-electron chi connectivity index (χ0n) is 13.3. The van der Waals surface area contributed by atoms with Crippen LogP contribution in [0.4, 0.5) is 5.69 Å². The van der Waals surface area contributed by atoms with Gasteiger partial charge in [0.15, 0.2) is 5.58 Å². The van der Waals surface area contributed by atoms with E-state index >= 15 is 0 Å². The Labute approximate surface area is 132 Å². The van der Waals surface area contributed by atoms with Gasteiger partial charge in [0.2, 0.25) is 0 Å². The standard InChI is InChI=1S/C16H18N4O3/c1-4-7-20-10(3)14(9(2)19-20)15(21)17-11-5-6-13-12(8-11)18-16(22)23-13/h5-6,8H,4,7H2,1-3H3,(H,17,21)(H,18,22). The van der Waals surface area contributed by atoms with Crippen molar-refractivity contribution in [3.8, 4) is 0 Å². The zero-order chi connectivity index (χ0) is 16.6. The lowest BCUT2D eigenvalue weighted by atomic mass is 10.1. The molecule has 0 radical (unpaired) electrons. The fraction of sp³-hybridized carbons (Fsp3) is 0.312. The van der Waals surface area contributed by atoms with Gasteiger partial charge in [0.1, 0.15) is 0 Å². The van der Waals surface area contributed by atoms with Gasteiger partial charge in [-0.05, 0) is 38.5 Å². The second kappa shape index (κ2) is 5.75. The van der Waals surface area contributed by atoms with E-state index in [0.29, 0.717) is 28.0 Å². The predicted octanol–water partition coefficient (Wildman–Crippen LogP) is 2.60. The Hall–Kier alpha value is -2.83. The second-order valence-corrected chi connectivity index (χ2v) is 5.45. The number of amides is 1. The van der Waals surface area contributed by atoms with Crippen molar-refractivity contribution in [1.29, 1.82) is 0 Å². The third-order valence-corrected chi connectivity index (χ3v) is 3.72. The number of H-pyrrole nitrogens is 1. The summed E-state index contributed by atoms with van der Waals surface area (Å²) in [7, 11) is 0. The van der Waals surface area contributed by atoms with E-state index in [9.17, 15) is 9.59 Å². The number of carbonyl (C=O) groups excluding carboxylic acids is 1. The number of aromatic nitrogens is 3. The lowest BCUT2D eigenvalue weighted by molar-refractivity contribution is 0.102. The van der Waals surface area contributed by atoms with E-state index in [0.717, 1.165) is 18.7 Å². The normalized spacial score (nSPS) is 11.1. The molecule has 3 aromatic rings. The molecule has 0 spiro atoms. The Kier molecular flexibility index (Phi) is 3.77. The maximum absolute atomic E-state index is 12.6. The summed E-state index contributed by atoms with van der Waals surface area (Å²) in [4.78, 5) is 26.3. The van der Waals surface area contributed by atoms with Crippen molar-refractivity contribution >= 4 is 22.7 Å². The topological polar surface area (TPSA) is 92.9 Å². The Morgan fingerprint density at radius 3 is 2.91 bits per heavy atom. The number of carbonyl (C=O) groups is 1. The highest BCUT2D eigenvalue weighted by Crippen LogP contribution is 2.19. The third kappa shape index (κ3) is 2.77. The highest BCUT2D eigenvalue weighted by atomic mass is 16.4. The number of anilines is 1. The van der Waals surface area contributed by atoms with Crippen LogP contribution in [0.25, 0.3) is 11.1 Å². The summed E-state index contributed by atoms with van der Waals surface area (Å²) in [6.45, 7) is 6.56. The zero-order valence-corrected chi connectivity index (χ0v) is 13.3. The first-order chi connectivity index (χ1) is 11.0. The molecule has 1 aromatic carbocycles. The van der Waals surface area contributed by atoms with E-state index in [1.165, 1.54) is 0 Å². The molecule has 1 amide bonds. The lowest BCUT2D eigenvalue weighted by Crippen LogP contribution is -2.14. The van der Waals surface area contributed by atoms with Gasteiger partial charge in [0.25, 0.3) is 5.91 Å². The predicted molar refractivity (Wildman–Crippen MR) is 86.8 cm³/mol. The number of nitrogens with one attached hydrogen (secondary N) is 2. The fourth-order valence-electron chi connectivity index (χ4n) is 2.68. The number of nitrogens with zero attached hydrogens (tertiary/aromatic N) is 2. The smallest absolute Gasteiger partial charge is 0.408 e. The molecular formula is C16H18N4O3. The highest BCUT2D eigenvalue weighted by molar-refractivity contribution is 6.06. The van der Waals surface area contributed by atoms with Gasteiger partial charge in [-0.3, -0.25) is 14.5 Å². The Balaban J connectivity index is 1.89. The number of benzene rings is 1. The van der Waals surface area contributed by atoms with Gasteiger partial charge in [0, 0.05) is 17.9 Å². The quantitative estimate of drug-likeness (QED) is 0.774. The molecule has 0 aliphatic carbocycles. The van der Waals surface area contributed by atoms with Crippen LogP contribution in [-0.4, -0.2) is 20.7 Å². The maximum atomic E-state index is 12.6. The molecule has 2 heterocycles. The van der Waals surface area contributed by atoms with Crippen LogP contribution in [0.5, 0.6) is 0 Å². The minimum Gasteiger partial charge on any atom is -0.408 e. The number of rotatable bonds is 4. The summed E-state index contributed by atoms with van der Waals surface area (Å²) in [6.07, 6.45) is 0.952. The Morgan fingerprint density at radius 2 is 2.17 bits per heavy atom. The Bertz CT molecular complexity index is 933. The fourth-order valence-corrected chi connectivity index (χ4v) is 2.68. The van der Waals surface area contributed by atoms with Gasteiger partial charge in [-0.25, -0.2) is 4.79 Å². The minimum absolute atomic E-state index is 0.215. The van der Waals surface area contributed by atoms with Crippen molar-refractivity contribution in [3.63, 3.8) is 0 Å². The molecule has 0 aliphatic rings. The number of fused-ring (bicyclic) bond motifs is 1. The molecule has 23 heavy (non-hydrogen) atoms. The van der Waals surface area contributed by atoms with Crippen LogP contribution < -0.4 is 11.1 Å². The number of hydrogen-bond acceptors (Lipinski definition) is 4. The van der Waals surface area contributed by atoms with Gasteiger partial charge in [0.05, 0.1) is 16.8 Å². The van der Waals surface area contributed by atoms with Crippen LogP contribution in [0.3, 0.4) is 0 Å². The average molecular weight is 314 g/mol. The molecule has 2 aromatic heterocycles. The summed E-state index contributed by atoms with van der Waals surface area (Å²) in [5, 5.41) is 7.25. The summed E-state index contributed by atoms with van der Waals surface area (Å²) >= 11 is 0. The molecule has 0 aliphatic heterocycles. The van der Waals surface area contributed by atoms with Gasteiger partial charge in [-0.1, -0.05) is 6.92 Å². The van der Waals surface area contributed by atoms with Crippen molar-refractivity contribution in [3.05, 3.63) is 45.7 Å². The van der Waals surface area contributed by atoms with E-state index in [2.05, 4.69) is 22.3 Å². The summed E-state index contributed by atoms with van der Waals surface area (Å²) in [5.41, 5.74) is 3.71. The van der Waals surface area contributed by atoms with E-state index in [1.807, 2.05) is 18.5 Å². The maximum Gasteiger partial charge on any atom is 0.417 e. The summed E-state index contributed by atoms with van der Waals surface area (Å²) in [5.74, 6) is -0.733. The summed E-state index contributed by atoms with van der Waals surface area (Å²) < 4.78 is 6.79. The number of hydrogen-bond donors (Lipinski definition) is 2. The molecule has 2 N–H and O–H groups in total. The number of oxazole rings is 1. The summed E-state index contributed by atoms with van der Waals surface area (Å²) in [6, 6.07) is 5.00. The van der Waals surface area contributed by atoms with Gasteiger partial charge in [-0.2, -0.15) is 5.10 Å². The van der Waals surface area contributed by atoms with E-state index < -0.39 is 5.76 Å². The van der Waals surface area contributed by atoms with Crippen molar-refractivity contribution in [1.82, 2.24) is 14.8 Å². The molecule has 120 valence electrons. The third-order valence-electron chi connectivity index (χ3n) is 3.72. The van der Waals surface area contributed by atoms with Crippen LogP contribution in [0.15, 0.2) is 27.4 Å². The molecule has 7 heteroatoms. The molecular weight excluding hydrogens is 296 g/mol. The lowest BCUT2D eigenvalue weighted by Gasteiger charge is -2.06. The molecule has 7 nitrogen and oxygen atoms in total. The Morgan fingerprint density at radius 1 is 1.39 bits per heavy atom. The molecule has 0 saturated heterocycles. The van der Waals surface area contributed by atoms with Crippen LogP contribution in [0.1, 0.15) is 35.1 Å². The molecule has 3 rings (SSSR count). The first-order valence-corrected chi connectivity index (χ1v) is 7.48. The van der Waals surface area contributed by atoms with Crippen molar-refractivity contribution in [2.24, 2.45) is 0 Å². The SMILES string of the molecule is CCCn1nc(C)c(C(=O)Nc2ccc3oc(=O)[nH]c3c2)c1C. The monoisotopic (exact) mass is 314 g/mol. The van der Waals surface area contributed by atoms with Crippen LogP contribution >= 0.6 is 0 Å². The van der Waals surface area contributed by atoms with E-state index in [-0.39, 0.29) is 5.91 Å². The van der Waals surface area contributed by atoms with Crippen LogP contribution in [0, 0.1) is 13.8 Å². The van der Waals surface area contributed by atoms with E-state index in [4.69, 9.17) is 4.42 Å². The first kappa shape index (κ1) is 15.1. The first-order valence-electron chi connectivity index (χ1n) is 7.48. The van der Waals surface area contributed by atoms with E-state index in [1.54, 1.807) is 18.2 Å². The molecule has 0 fully saturated rings. The van der Waals surface area contributed by atoms with Crippen molar-refractivity contribution < 1.29 is 9.21 Å². The van der Waals surface area contributed by atoms with Crippen molar-refractivity contribution in [2.45, 2.75) is 33.7 Å². The average Bonchev–Trinajstić information content (AvgIpc) is 2.98. The van der Waals surface area contributed by atoms with Crippen LogP contribution in [-0.2, 0) is 6.54 Å². The van der Waals surface area contributed by atoms with Gasteiger partial charge < -0.3 is 9.73 Å². The van der Waals surface area contributed by atoms with Crippen LogP contribution in [0.2, 0.25) is 0 Å². The number of aromatic amines is 1. The molecule has 0 bridgehead atoms. The molecule has 0 unspecified atom stereocenters. The van der Waals surface area contributed by atoms with Crippen molar-refractivity contribution in [2.75, 3.05) is 5.32 Å². The number of aryl methyl sites for hydroxylation is 2. The highest BCUT2D eigenvalue weighted by Gasteiger charge is 2.18. The second-order valence-electron chi connectivity index (χ2n) is 5.45. The minimum atomic E-state index is -0.518. The van der Waals surface area contributed by atoms with Gasteiger partial charge in [-0.15, -0.1) is 0 Å². The largest absolute Gasteiger partial charge is 0.417 e. The van der Waals surface area contributed by atoms with Gasteiger partial charge >= 0.3 is 5.76 Å². The molecule has 0 saturated carbocycles. The molecule has 0 atom stereocenters.